The van der Waals surface area contributed by atoms with Crippen molar-refractivity contribution in [2.75, 3.05) is 4.90 Å². The summed E-state index contributed by atoms with van der Waals surface area (Å²) in [6.45, 7) is 0. The first-order valence-electron chi connectivity index (χ1n) is 24.8. The van der Waals surface area contributed by atoms with E-state index in [1.807, 2.05) is 0 Å². The average Bonchev–Trinajstić information content (AvgIpc) is 4.14. The van der Waals surface area contributed by atoms with Crippen LogP contribution in [0, 0.1) is 11.8 Å². The first-order valence-corrected chi connectivity index (χ1v) is 24.8. The molecule has 10 aromatic carbocycles. The van der Waals surface area contributed by atoms with Crippen LogP contribution in [0.1, 0.15) is 68.8 Å². The Kier molecular flexibility index (Phi) is 9.09. The molecule has 324 valence electrons. The van der Waals surface area contributed by atoms with Gasteiger partial charge in [0.05, 0.1) is 11.4 Å². The minimum atomic E-state index is -0.126. The minimum Gasteiger partial charge on any atom is -0.310 e. The van der Waals surface area contributed by atoms with Crippen molar-refractivity contribution in [3.63, 3.8) is 0 Å². The van der Waals surface area contributed by atoms with Crippen molar-refractivity contribution in [3.8, 4) is 33.4 Å². The smallest absolute Gasteiger partial charge is 0.0546 e. The van der Waals surface area contributed by atoms with E-state index in [9.17, 15) is 0 Å². The third-order valence-electron chi connectivity index (χ3n) is 16.5. The summed E-state index contributed by atoms with van der Waals surface area (Å²) < 4.78 is 0. The van der Waals surface area contributed by atoms with Crippen LogP contribution >= 0.6 is 0 Å². The Morgan fingerprint density at radius 3 is 1.75 bits per heavy atom. The zero-order chi connectivity index (χ0) is 44.8. The number of anilines is 3. The Balaban J connectivity index is 1.03. The van der Waals surface area contributed by atoms with Crippen molar-refractivity contribution in [1.29, 1.82) is 0 Å². The second-order valence-corrected chi connectivity index (χ2v) is 19.8. The molecule has 68 heavy (non-hydrogen) atoms. The van der Waals surface area contributed by atoms with Crippen molar-refractivity contribution >= 4 is 27.8 Å². The first kappa shape index (κ1) is 39.4. The van der Waals surface area contributed by atoms with Gasteiger partial charge >= 0.3 is 0 Å². The molecule has 1 heteroatoms. The molecule has 10 aromatic rings. The Hall–Kier alpha value is -7.74. The number of rotatable bonds is 8. The van der Waals surface area contributed by atoms with Gasteiger partial charge in [-0.2, -0.15) is 0 Å². The Morgan fingerprint density at radius 2 is 1.00 bits per heavy atom. The lowest BCUT2D eigenvalue weighted by Gasteiger charge is -2.40. The van der Waals surface area contributed by atoms with Crippen LogP contribution in [0.5, 0.6) is 0 Å². The van der Waals surface area contributed by atoms with Gasteiger partial charge in [0, 0.05) is 22.6 Å². The summed E-state index contributed by atoms with van der Waals surface area (Å²) in [6, 6.07) is 87.5. The number of nitrogens with zero attached hydrogens (tertiary/aromatic N) is 1. The van der Waals surface area contributed by atoms with E-state index in [0.717, 1.165) is 19.3 Å². The third kappa shape index (κ3) is 5.94. The number of hydrogen-bond acceptors (Lipinski definition) is 1. The highest BCUT2D eigenvalue weighted by molar-refractivity contribution is 6.06. The first-order chi connectivity index (χ1) is 33.7. The predicted molar refractivity (Wildman–Crippen MR) is 282 cm³/mol. The lowest BCUT2D eigenvalue weighted by molar-refractivity contribution is 0.347. The summed E-state index contributed by atoms with van der Waals surface area (Å²) in [4.78, 5) is 2.70. The largest absolute Gasteiger partial charge is 0.310 e. The Labute approximate surface area is 400 Å². The van der Waals surface area contributed by atoms with E-state index in [1.165, 1.54) is 107 Å². The van der Waals surface area contributed by atoms with Crippen molar-refractivity contribution in [2.24, 2.45) is 11.8 Å². The molecule has 0 saturated heterocycles. The molecular weight excluding hydrogens is 819 g/mol. The summed E-state index contributed by atoms with van der Waals surface area (Å²) in [6.07, 6.45) is 5.67. The molecule has 1 nitrogen and oxygen atoms in total. The van der Waals surface area contributed by atoms with Crippen molar-refractivity contribution < 1.29 is 0 Å². The summed E-state index contributed by atoms with van der Waals surface area (Å²) in [7, 11) is 0. The van der Waals surface area contributed by atoms with Gasteiger partial charge in [0.2, 0.25) is 0 Å². The fourth-order valence-electron chi connectivity index (χ4n) is 13.9. The van der Waals surface area contributed by atoms with Gasteiger partial charge in [-0.1, -0.05) is 206 Å². The van der Waals surface area contributed by atoms with E-state index in [1.54, 1.807) is 16.7 Å². The standard InChI is InChI=1S/C67H51N/c1-4-16-44(17-5-1)45-30-32-49(33-31-45)64-59-27-13-10-18-46(59)34-39-61(64)68(56-37-38-58-53(43-56)40-50-23-11-12-26-57(50)58)62-29-15-25-52-42-55-36-35-54-41-51-24-14-28-60(65(51)67(54,55)66(52)62)63(47-19-6-2-7-20-47)48-21-8-3-9-22-48/h1-34,37-39,43,54-55,63H,35-36,40-42H2. The minimum absolute atomic E-state index is 0.123. The van der Waals surface area contributed by atoms with Crippen LogP contribution in [0.2, 0.25) is 0 Å². The van der Waals surface area contributed by atoms with E-state index < -0.39 is 0 Å². The van der Waals surface area contributed by atoms with Crippen LogP contribution in [0.3, 0.4) is 0 Å². The second kappa shape index (κ2) is 15.7. The SMILES string of the molecule is c1ccc(-c2ccc(-c3c(N(c4ccc5c(c4)Cc4ccccc4-5)c4cccc5c4C46c7c(cccc7C(c7ccccc7)c7ccccc7)CC4CCC6C5)ccc4ccccc34)cc2)cc1. The van der Waals surface area contributed by atoms with Gasteiger partial charge < -0.3 is 4.90 Å². The molecule has 1 saturated carbocycles. The zero-order valence-corrected chi connectivity index (χ0v) is 38.2. The predicted octanol–water partition coefficient (Wildman–Crippen LogP) is 16.8. The molecule has 0 heterocycles. The van der Waals surface area contributed by atoms with E-state index in [0.29, 0.717) is 11.8 Å². The summed E-state index contributed by atoms with van der Waals surface area (Å²) in [5, 5.41) is 2.51. The molecule has 0 aliphatic heterocycles. The van der Waals surface area contributed by atoms with Crippen molar-refractivity contribution in [3.05, 3.63) is 281 Å². The molecule has 0 N–H and O–H groups in total. The van der Waals surface area contributed by atoms with Crippen LogP contribution < -0.4 is 4.90 Å². The molecule has 14 rings (SSSR count). The highest BCUT2D eigenvalue weighted by Crippen LogP contribution is 2.68. The molecule has 0 aromatic heterocycles. The summed E-state index contributed by atoms with van der Waals surface area (Å²) in [5.41, 5.74) is 24.5. The van der Waals surface area contributed by atoms with Crippen LogP contribution in [0.15, 0.2) is 231 Å². The van der Waals surface area contributed by atoms with E-state index in [-0.39, 0.29) is 11.3 Å². The van der Waals surface area contributed by atoms with E-state index in [2.05, 4.69) is 235 Å². The van der Waals surface area contributed by atoms with Crippen LogP contribution in [-0.2, 0) is 24.7 Å². The number of hydrogen-bond donors (Lipinski definition) is 0. The average molecular weight is 870 g/mol. The summed E-state index contributed by atoms with van der Waals surface area (Å²) in [5.74, 6) is 1.17. The normalized spacial score (nSPS) is 18.2. The molecule has 4 aliphatic rings. The van der Waals surface area contributed by atoms with Crippen LogP contribution in [-0.4, -0.2) is 0 Å². The van der Waals surface area contributed by atoms with Crippen LogP contribution in [0.4, 0.5) is 17.1 Å². The summed E-state index contributed by atoms with van der Waals surface area (Å²) >= 11 is 0. The number of benzene rings is 10. The fourth-order valence-corrected chi connectivity index (χ4v) is 13.9. The molecule has 1 fully saturated rings. The number of fused-ring (bicyclic) bond motifs is 6. The van der Waals surface area contributed by atoms with Gasteiger partial charge in [0.15, 0.2) is 0 Å². The fraction of sp³-hybridized carbons (Fsp3) is 0.134. The van der Waals surface area contributed by atoms with Gasteiger partial charge in [-0.15, -0.1) is 0 Å². The maximum atomic E-state index is 2.70. The van der Waals surface area contributed by atoms with Gasteiger partial charge in [0.1, 0.15) is 0 Å². The highest BCUT2D eigenvalue weighted by Gasteiger charge is 2.62. The Bertz CT molecular complexity index is 3510. The Morgan fingerprint density at radius 1 is 0.412 bits per heavy atom. The van der Waals surface area contributed by atoms with E-state index >= 15 is 0 Å². The van der Waals surface area contributed by atoms with Gasteiger partial charge in [-0.3, -0.25) is 0 Å². The third-order valence-corrected chi connectivity index (χ3v) is 16.5. The lowest BCUT2D eigenvalue weighted by atomic mass is 9.66. The second-order valence-electron chi connectivity index (χ2n) is 19.8. The van der Waals surface area contributed by atoms with Crippen molar-refractivity contribution in [2.45, 2.75) is 43.4 Å². The van der Waals surface area contributed by atoms with Crippen LogP contribution in [0.25, 0.3) is 44.2 Å². The molecule has 0 amide bonds. The molecule has 4 aliphatic carbocycles. The monoisotopic (exact) mass is 869 g/mol. The van der Waals surface area contributed by atoms with Gasteiger partial charge in [0.25, 0.3) is 0 Å². The maximum absolute atomic E-state index is 2.70. The molecule has 0 radical (unpaired) electrons. The molecular formula is C67H51N. The zero-order valence-electron chi connectivity index (χ0n) is 38.2. The van der Waals surface area contributed by atoms with Crippen molar-refractivity contribution in [1.82, 2.24) is 0 Å². The molecule has 1 spiro atoms. The maximum Gasteiger partial charge on any atom is 0.0546 e. The molecule has 0 bridgehead atoms. The molecule has 3 atom stereocenters. The lowest BCUT2D eigenvalue weighted by Crippen LogP contribution is -2.35. The molecule has 3 unspecified atom stereocenters. The van der Waals surface area contributed by atoms with Gasteiger partial charge in [-0.25, -0.2) is 0 Å². The van der Waals surface area contributed by atoms with Gasteiger partial charge in [-0.05, 0) is 157 Å². The van der Waals surface area contributed by atoms with E-state index in [4.69, 9.17) is 0 Å². The quantitative estimate of drug-likeness (QED) is 0.138. The topological polar surface area (TPSA) is 3.24 Å². The highest BCUT2D eigenvalue weighted by atomic mass is 15.2.